The van der Waals surface area contributed by atoms with E-state index >= 15 is 0 Å². The first-order valence-corrected chi connectivity index (χ1v) is 8.68. The third-order valence-corrected chi connectivity index (χ3v) is 4.77. The maximum atomic E-state index is 13.8. The van der Waals surface area contributed by atoms with Gasteiger partial charge in [-0.2, -0.15) is 5.10 Å². The topological polar surface area (TPSA) is 86.8 Å². The molecule has 9 heteroatoms. The van der Waals surface area contributed by atoms with Crippen LogP contribution in [0.1, 0.15) is 31.4 Å². The summed E-state index contributed by atoms with van der Waals surface area (Å²) in [7, 11) is 0. The summed E-state index contributed by atoms with van der Waals surface area (Å²) in [5.74, 6) is -1.35. The van der Waals surface area contributed by atoms with Crippen molar-refractivity contribution in [1.82, 2.24) is 20.2 Å². The number of hydrogen-bond acceptors (Lipinski definition) is 5. The van der Waals surface area contributed by atoms with Crippen molar-refractivity contribution < 1.29 is 13.6 Å². The van der Waals surface area contributed by atoms with Gasteiger partial charge in [-0.15, -0.1) is 0 Å². The maximum Gasteiger partial charge on any atom is 0.221 e. The number of aromatic nitrogens is 4. The maximum absolute atomic E-state index is 13.8. The molecule has 1 fully saturated rings. The molecule has 0 unspecified atom stereocenters. The number of halogens is 2. The molecule has 7 nitrogen and oxygen atoms in total. The molecule has 0 bridgehead atoms. The van der Waals surface area contributed by atoms with Crippen molar-refractivity contribution in [1.29, 1.82) is 0 Å². The number of rotatable bonds is 3. The Morgan fingerprint density at radius 2 is 2.11 bits per heavy atom. The molecule has 0 saturated carbocycles. The summed E-state index contributed by atoms with van der Waals surface area (Å²) in [6.45, 7) is 2.80. The van der Waals surface area contributed by atoms with E-state index in [9.17, 15) is 13.6 Å². The van der Waals surface area contributed by atoms with Gasteiger partial charge in [-0.05, 0) is 18.9 Å². The van der Waals surface area contributed by atoms with Gasteiger partial charge in [-0.25, -0.2) is 18.7 Å². The number of piperidine rings is 1. The van der Waals surface area contributed by atoms with Gasteiger partial charge in [0, 0.05) is 37.4 Å². The standard InChI is InChI=1S/C18H18F2N6O/c1-10(27)24-16-7-23-25-17(16)11-3-2-4-26(8-11)18-12-5-13(19)14(20)6-15(12)21-9-22-18/h5-7,9,11H,2-4,8H2,1H3,(H,23,25)(H,24,27)/t11-/m1/s1. The number of nitrogens with zero attached hydrogens (tertiary/aromatic N) is 4. The summed E-state index contributed by atoms with van der Waals surface area (Å²) in [4.78, 5) is 21.8. The molecule has 27 heavy (non-hydrogen) atoms. The van der Waals surface area contributed by atoms with Crippen molar-refractivity contribution in [2.75, 3.05) is 23.3 Å². The Labute approximate surface area is 153 Å². The average Bonchev–Trinajstić information content (AvgIpc) is 3.10. The molecule has 1 aliphatic heterocycles. The van der Waals surface area contributed by atoms with E-state index in [1.165, 1.54) is 13.3 Å². The van der Waals surface area contributed by atoms with Crippen LogP contribution in [0.4, 0.5) is 20.3 Å². The van der Waals surface area contributed by atoms with Crippen LogP contribution in [0.25, 0.3) is 10.9 Å². The minimum Gasteiger partial charge on any atom is -0.355 e. The van der Waals surface area contributed by atoms with Gasteiger partial charge in [-0.3, -0.25) is 9.89 Å². The molecule has 4 rings (SSSR count). The Bertz CT molecular complexity index is 1000. The average molecular weight is 372 g/mol. The highest BCUT2D eigenvalue weighted by Crippen LogP contribution is 2.34. The van der Waals surface area contributed by atoms with Gasteiger partial charge in [0.15, 0.2) is 11.6 Å². The number of carbonyl (C=O) groups is 1. The van der Waals surface area contributed by atoms with Crippen molar-refractivity contribution in [3.8, 4) is 0 Å². The second-order valence-corrected chi connectivity index (χ2v) is 6.64. The lowest BCUT2D eigenvalue weighted by molar-refractivity contribution is -0.114. The van der Waals surface area contributed by atoms with E-state index in [2.05, 4.69) is 25.5 Å². The molecule has 1 atom stereocenters. The second kappa shape index (κ2) is 6.90. The van der Waals surface area contributed by atoms with Crippen LogP contribution < -0.4 is 10.2 Å². The predicted octanol–water partition coefficient (Wildman–Crippen LogP) is 2.97. The van der Waals surface area contributed by atoms with E-state index in [0.717, 1.165) is 37.2 Å². The van der Waals surface area contributed by atoms with Gasteiger partial charge < -0.3 is 10.2 Å². The zero-order valence-electron chi connectivity index (χ0n) is 14.7. The van der Waals surface area contributed by atoms with Gasteiger partial charge in [0.2, 0.25) is 5.91 Å². The Kier molecular flexibility index (Phi) is 4.43. The molecule has 0 aliphatic carbocycles. The summed E-state index contributed by atoms with van der Waals surface area (Å²) < 4.78 is 27.3. The number of amides is 1. The van der Waals surface area contributed by atoms with Crippen LogP contribution in [0.3, 0.4) is 0 Å². The summed E-state index contributed by atoms with van der Waals surface area (Å²) in [6.07, 6.45) is 4.75. The number of aromatic amines is 1. The first-order valence-electron chi connectivity index (χ1n) is 8.68. The molecule has 0 radical (unpaired) electrons. The van der Waals surface area contributed by atoms with Crippen LogP contribution in [-0.2, 0) is 4.79 Å². The lowest BCUT2D eigenvalue weighted by atomic mass is 9.93. The van der Waals surface area contributed by atoms with E-state index in [1.807, 2.05) is 4.90 Å². The zero-order valence-corrected chi connectivity index (χ0v) is 14.7. The van der Waals surface area contributed by atoms with E-state index in [1.54, 1.807) is 6.20 Å². The number of anilines is 2. The highest BCUT2D eigenvalue weighted by Gasteiger charge is 2.27. The predicted molar refractivity (Wildman–Crippen MR) is 96.5 cm³/mol. The first-order chi connectivity index (χ1) is 13.0. The third kappa shape index (κ3) is 3.32. The largest absolute Gasteiger partial charge is 0.355 e. The third-order valence-electron chi connectivity index (χ3n) is 4.77. The minimum absolute atomic E-state index is 0.0958. The molecular weight excluding hydrogens is 354 g/mol. The lowest BCUT2D eigenvalue weighted by Gasteiger charge is -2.34. The van der Waals surface area contributed by atoms with Crippen LogP contribution in [0.5, 0.6) is 0 Å². The summed E-state index contributed by atoms with van der Waals surface area (Å²) in [5.41, 5.74) is 1.88. The Morgan fingerprint density at radius 1 is 1.30 bits per heavy atom. The molecule has 3 aromatic rings. The van der Waals surface area contributed by atoms with Crippen molar-refractivity contribution >= 4 is 28.3 Å². The number of carbonyl (C=O) groups excluding carboxylic acids is 1. The van der Waals surface area contributed by atoms with Crippen molar-refractivity contribution in [3.05, 3.63) is 42.0 Å². The monoisotopic (exact) mass is 372 g/mol. The number of H-pyrrole nitrogens is 1. The van der Waals surface area contributed by atoms with Crippen LogP contribution >= 0.6 is 0 Å². The number of benzene rings is 1. The van der Waals surface area contributed by atoms with Gasteiger partial charge in [-0.1, -0.05) is 0 Å². The van der Waals surface area contributed by atoms with Crippen molar-refractivity contribution in [2.45, 2.75) is 25.7 Å². The lowest BCUT2D eigenvalue weighted by Crippen LogP contribution is -2.35. The van der Waals surface area contributed by atoms with Crippen molar-refractivity contribution in [2.24, 2.45) is 0 Å². The molecule has 0 spiro atoms. The second-order valence-electron chi connectivity index (χ2n) is 6.64. The Hall–Kier alpha value is -3.10. The molecule has 3 heterocycles. The van der Waals surface area contributed by atoms with Crippen LogP contribution in [0.2, 0.25) is 0 Å². The van der Waals surface area contributed by atoms with Gasteiger partial charge >= 0.3 is 0 Å². The first kappa shape index (κ1) is 17.3. The van der Waals surface area contributed by atoms with E-state index < -0.39 is 11.6 Å². The molecule has 1 aromatic carbocycles. The fourth-order valence-electron chi connectivity index (χ4n) is 3.59. The van der Waals surface area contributed by atoms with E-state index in [4.69, 9.17) is 0 Å². The number of hydrogen-bond donors (Lipinski definition) is 2. The summed E-state index contributed by atoms with van der Waals surface area (Å²) in [5, 5.41) is 10.3. The highest BCUT2D eigenvalue weighted by atomic mass is 19.2. The smallest absolute Gasteiger partial charge is 0.221 e. The molecule has 2 N–H and O–H groups in total. The molecule has 1 saturated heterocycles. The Balaban J connectivity index is 1.66. The molecule has 1 amide bonds. The molecule has 140 valence electrons. The van der Waals surface area contributed by atoms with Crippen LogP contribution in [-0.4, -0.2) is 39.2 Å². The molecular formula is C18H18F2N6O. The number of fused-ring (bicyclic) bond motifs is 1. The SMILES string of the molecule is CC(=O)Nc1cn[nH]c1[C@@H]1CCCN(c2ncnc3cc(F)c(F)cc23)C1. The zero-order chi connectivity index (χ0) is 19.0. The fourth-order valence-corrected chi connectivity index (χ4v) is 3.59. The van der Waals surface area contributed by atoms with Crippen molar-refractivity contribution in [3.63, 3.8) is 0 Å². The quantitative estimate of drug-likeness (QED) is 0.738. The highest BCUT2D eigenvalue weighted by molar-refractivity contribution is 5.90. The summed E-state index contributed by atoms with van der Waals surface area (Å²) in [6, 6.07) is 2.23. The van der Waals surface area contributed by atoms with Gasteiger partial charge in [0.25, 0.3) is 0 Å². The molecule has 1 aliphatic rings. The Morgan fingerprint density at radius 3 is 2.93 bits per heavy atom. The normalized spacial score (nSPS) is 17.3. The number of nitrogens with one attached hydrogen (secondary N) is 2. The fraction of sp³-hybridized carbons (Fsp3) is 0.333. The molecule has 2 aromatic heterocycles. The van der Waals surface area contributed by atoms with Crippen LogP contribution in [0, 0.1) is 11.6 Å². The van der Waals surface area contributed by atoms with E-state index in [-0.39, 0.29) is 11.8 Å². The van der Waals surface area contributed by atoms with Gasteiger partial charge in [0.05, 0.1) is 23.1 Å². The minimum atomic E-state index is -0.930. The van der Waals surface area contributed by atoms with Crippen LogP contribution in [0.15, 0.2) is 24.7 Å². The van der Waals surface area contributed by atoms with Gasteiger partial charge in [0.1, 0.15) is 12.1 Å². The summed E-state index contributed by atoms with van der Waals surface area (Å²) >= 11 is 0. The van der Waals surface area contributed by atoms with E-state index in [0.29, 0.717) is 29.0 Å².